The Morgan fingerprint density at radius 2 is 2.04 bits per heavy atom. The van der Waals surface area contributed by atoms with Crippen molar-refractivity contribution in [1.29, 1.82) is 5.26 Å². The molecule has 0 unspecified atom stereocenters. The van der Waals surface area contributed by atoms with E-state index < -0.39 is 11.9 Å². The van der Waals surface area contributed by atoms with E-state index >= 15 is 0 Å². The summed E-state index contributed by atoms with van der Waals surface area (Å²) in [5.41, 5.74) is 1.19. The van der Waals surface area contributed by atoms with Crippen LogP contribution in [0.15, 0.2) is 29.3 Å². The minimum atomic E-state index is -0.940. The van der Waals surface area contributed by atoms with Crippen LogP contribution in [-0.2, 0) is 9.53 Å². The number of carbonyl (C=O) groups is 1. The van der Waals surface area contributed by atoms with Crippen molar-refractivity contribution < 1.29 is 19.2 Å². The number of aliphatic imine (C=N–C) groups is 1. The van der Waals surface area contributed by atoms with Crippen molar-refractivity contribution >= 4 is 12.2 Å². The topological polar surface area (TPSA) is 76.1 Å². The van der Waals surface area contributed by atoms with Gasteiger partial charge in [0.15, 0.2) is 5.92 Å². The summed E-state index contributed by atoms with van der Waals surface area (Å²) < 4.78 is 10.1. The summed E-state index contributed by atoms with van der Waals surface area (Å²) in [6, 6.07) is 10.2. The van der Waals surface area contributed by atoms with Gasteiger partial charge in [-0.1, -0.05) is 0 Å². The molecule has 134 valence electrons. The summed E-state index contributed by atoms with van der Waals surface area (Å²) >= 11 is 0. The third-order valence-electron chi connectivity index (χ3n) is 4.48. The molecule has 6 heteroatoms. The van der Waals surface area contributed by atoms with Crippen molar-refractivity contribution in [1.82, 2.24) is 0 Å². The van der Waals surface area contributed by atoms with Gasteiger partial charge in [0.2, 0.25) is 0 Å². The Hall–Kier alpha value is -2.39. The highest BCUT2D eigenvalue weighted by Gasteiger charge is 2.27. The van der Waals surface area contributed by atoms with Crippen molar-refractivity contribution in [2.75, 3.05) is 33.4 Å². The number of nitrogens with one attached hydrogen (secondary N) is 1. The second kappa shape index (κ2) is 9.80. The molecule has 0 aliphatic carbocycles. The van der Waals surface area contributed by atoms with Crippen LogP contribution in [0.4, 0.5) is 0 Å². The standard InChI is InChI=1S/C19H25N3O3/c1-3-25-19(23)16(12-20)13-21-14-18(22-10-4-5-11-22)15-6-8-17(24-2)9-7-15/h6-9,13,16,18H,3-5,10-11,14H2,1-2H3/p+1/t16-,18-/m1/s1. The Labute approximate surface area is 149 Å². The molecule has 1 N–H and O–H groups in total. The average molecular weight is 344 g/mol. The molecule has 1 aliphatic rings. The third-order valence-corrected chi connectivity index (χ3v) is 4.48. The van der Waals surface area contributed by atoms with E-state index in [9.17, 15) is 4.79 Å². The Bertz CT molecular complexity index is 616. The molecule has 1 aliphatic heterocycles. The summed E-state index contributed by atoms with van der Waals surface area (Å²) in [6.07, 6.45) is 3.86. The summed E-state index contributed by atoms with van der Waals surface area (Å²) in [7, 11) is 1.65. The molecule has 0 bridgehead atoms. The maximum atomic E-state index is 11.7. The highest BCUT2D eigenvalue weighted by molar-refractivity contribution is 5.92. The van der Waals surface area contributed by atoms with Crippen LogP contribution in [0, 0.1) is 17.2 Å². The fourth-order valence-corrected chi connectivity index (χ4v) is 3.13. The minimum absolute atomic E-state index is 0.214. The van der Waals surface area contributed by atoms with Crippen LogP contribution >= 0.6 is 0 Å². The summed E-state index contributed by atoms with van der Waals surface area (Å²) in [5.74, 6) is -0.650. The first-order valence-electron chi connectivity index (χ1n) is 8.74. The molecule has 1 aromatic rings. The normalized spacial score (nSPS) is 17.2. The van der Waals surface area contributed by atoms with E-state index in [1.807, 2.05) is 18.2 Å². The van der Waals surface area contributed by atoms with Crippen molar-refractivity contribution in [3.63, 3.8) is 0 Å². The van der Waals surface area contributed by atoms with Crippen LogP contribution in [-0.4, -0.2) is 45.5 Å². The molecule has 0 radical (unpaired) electrons. The first-order valence-corrected chi connectivity index (χ1v) is 8.74. The van der Waals surface area contributed by atoms with Gasteiger partial charge in [0.25, 0.3) is 0 Å². The maximum absolute atomic E-state index is 11.7. The van der Waals surface area contributed by atoms with E-state index in [2.05, 4.69) is 17.1 Å². The van der Waals surface area contributed by atoms with Gasteiger partial charge in [-0.15, -0.1) is 0 Å². The smallest absolute Gasteiger partial charge is 0.328 e. The molecular weight excluding hydrogens is 318 g/mol. The predicted molar refractivity (Wildman–Crippen MR) is 94.8 cm³/mol. The zero-order valence-electron chi connectivity index (χ0n) is 14.9. The van der Waals surface area contributed by atoms with Gasteiger partial charge in [0, 0.05) is 24.6 Å². The van der Waals surface area contributed by atoms with E-state index in [0.717, 1.165) is 18.8 Å². The molecule has 1 saturated heterocycles. The number of carbonyl (C=O) groups excluding carboxylic acids is 1. The highest BCUT2D eigenvalue weighted by atomic mass is 16.5. The molecule has 2 atom stereocenters. The number of likely N-dealkylation sites (tertiary alicyclic amines) is 1. The fraction of sp³-hybridized carbons (Fsp3) is 0.526. The Morgan fingerprint density at radius 1 is 1.36 bits per heavy atom. The summed E-state index contributed by atoms with van der Waals surface area (Å²) in [4.78, 5) is 17.6. The minimum Gasteiger partial charge on any atom is -0.497 e. The highest BCUT2D eigenvalue weighted by Crippen LogP contribution is 2.17. The molecule has 0 amide bonds. The van der Waals surface area contributed by atoms with E-state index in [4.69, 9.17) is 14.7 Å². The zero-order valence-corrected chi connectivity index (χ0v) is 14.9. The second-order valence-electron chi connectivity index (χ2n) is 6.06. The summed E-state index contributed by atoms with van der Waals surface area (Å²) in [5, 5.41) is 9.11. The molecule has 0 saturated carbocycles. The van der Waals surface area contributed by atoms with Gasteiger partial charge in [-0.2, -0.15) is 5.26 Å². The largest absolute Gasteiger partial charge is 0.497 e. The fourth-order valence-electron chi connectivity index (χ4n) is 3.13. The Kier molecular flexibility index (Phi) is 7.42. The van der Waals surface area contributed by atoms with Gasteiger partial charge < -0.3 is 14.4 Å². The first-order chi connectivity index (χ1) is 12.2. The molecule has 0 spiro atoms. The number of nitriles is 1. The monoisotopic (exact) mass is 344 g/mol. The molecule has 1 aromatic carbocycles. The van der Waals surface area contributed by atoms with Crippen molar-refractivity contribution in [3.8, 4) is 11.8 Å². The van der Waals surface area contributed by atoms with E-state index in [0.29, 0.717) is 6.54 Å². The van der Waals surface area contributed by atoms with Gasteiger partial charge in [0.1, 0.15) is 11.8 Å². The Morgan fingerprint density at radius 3 is 2.60 bits per heavy atom. The number of benzene rings is 1. The van der Waals surface area contributed by atoms with Crippen LogP contribution in [0.5, 0.6) is 5.75 Å². The van der Waals surface area contributed by atoms with Crippen molar-refractivity contribution in [2.45, 2.75) is 25.8 Å². The van der Waals surface area contributed by atoms with Gasteiger partial charge in [-0.3, -0.25) is 9.79 Å². The molecule has 6 nitrogen and oxygen atoms in total. The number of quaternary nitrogens is 1. The number of ether oxygens (including phenoxy) is 2. The zero-order chi connectivity index (χ0) is 18.1. The molecule has 1 fully saturated rings. The van der Waals surface area contributed by atoms with Crippen molar-refractivity contribution in [3.05, 3.63) is 29.8 Å². The molecule has 1 heterocycles. The second-order valence-corrected chi connectivity index (χ2v) is 6.06. The van der Waals surface area contributed by atoms with E-state index in [1.165, 1.54) is 29.5 Å². The number of methoxy groups -OCH3 is 1. The first kappa shape index (κ1) is 18.9. The average Bonchev–Trinajstić information content (AvgIpc) is 3.16. The van der Waals surface area contributed by atoms with E-state index in [-0.39, 0.29) is 12.6 Å². The van der Waals surface area contributed by atoms with Crippen LogP contribution in [0.2, 0.25) is 0 Å². The maximum Gasteiger partial charge on any atom is 0.328 e. The predicted octanol–water partition coefficient (Wildman–Crippen LogP) is 1.19. The van der Waals surface area contributed by atoms with Crippen LogP contribution < -0.4 is 9.64 Å². The molecule has 0 aromatic heterocycles. The van der Waals surface area contributed by atoms with Gasteiger partial charge in [-0.25, -0.2) is 0 Å². The lowest BCUT2D eigenvalue weighted by molar-refractivity contribution is -0.918. The van der Waals surface area contributed by atoms with Crippen molar-refractivity contribution in [2.24, 2.45) is 10.9 Å². The lowest BCUT2D eigenvalue weighted by Gasteiger charge is -2.23. The van der Waals surface area contributed by atoms with Crippen LogP contribution in [0.1, 0.15) is 31.4 Å². The third kappa shape index (κ3) is 5.30. The lowest BCUT2D eigenvalue weighted by atomic mass is 10.1. The van der Waals surface area contributed by atoms with Gasteiger partial charge >= 0.3 is 5.97 Å². The number of hydrogen-bond donors (Lipinski definition) is 1. The molecular formula is C19H26N3O3+. The molecule has 25 heavy (non-hydrogen) atoms. The number of hydrogen-bond acceptors (Lipinski definition) is 5. The van der Waals surface area contributed by atoms with Gasteiger partial charge in [0.05, 0.1) is 39.4 Å². The quantitative estimate of drug-likeness (QED) is 0.568. The SMILES string of the molecule is CCOC(=O)[C@H](C#N)C=NC[C@H](c1ccc(OC)cc1)[NH+]1CCCC1. The summed E-state index contributed by atoms with van der Waals surface area (Å²) in [6.45, 7) is 4.76. The molecule has 2 rings (SSSR count). The van der Waals surface area contributed by atoms with Crippen LogP contribution in [0.3, 0.4) is 0 Å². The number of nitrogens with zero attached hydrogens (tertiary/aromatic N) is 2. The van der Waals surface area contributed by atoms with E-state index in [1.54, 1.807) is 14.0 Å². The number of esters is 1. The lowest BCUT2D eigenvalue weighted by Crippen LogP contribution is -3.10. The van der Waals surface area contributed by atoms with Crippen LogP contribution in [0.25, 0.3) is 0 Å². The number of rotatable bonds is 8. The van der Waals surface area contributed by atoms with Gasteiger partial charge in [-0.05, 0) is 31.2 Å². The Balaban J connectivity index is 2.09.